The molecule has 2 aliphatic rings. The van der Waals surface area contributed by atoms with Crippen molar-refractivity contribution in [3.8, 4) is 5.75 Å². The van der Waals surface area contributed by atoms with Crippen LogP contribution in [0.25, 0.3) is 0 Å². The first-order valence-corrected chi connectivity index (χ1v) is 7.78. The van der Waals surface area contributed by atoms with E-state index in [1.165, 1.54) is 5.56 Å². The summed E-state index contributed by atoms with van der Waals surface area (Å²) in [5.74, 6) is 0.935. The standard InChI is InChI=1S/C17H26N2O2/c1-16(2,3)21-15-6-4-13(5-7-15)8-14-9-18-10-17(19-14)11-20-12-17/h4-7,14,18-19H,8-12H2,1-3H3/t14-/m0/s1. The molecule has 2 N–H and O–H groups in total. The summed E-state index contributed by atoms with van der Waals surface area (Å²) in [6, 6.07) is 8.94. The fraction of sp³-hybridized carbons (Fsp3) is 0.647. The van der Waals surface area contributed by atoms with Gasteiger partial charge in [-0.15, -0.1) is 0 Å². The Morgan fingerprint density at radius 2 is 1.95 bits per heavy atom. The van der Waals surface area contributed by atoms with Crippen molar-refractivity contribution in [1.29, 1.82) is 0 Å². The predicted octanol–water partition coefficient (Wildman–Crippen LogP) is 1.74. The van der Waals surface area contributed by atoms with E-state index >= 15 is 0 Å². The van der Waals surface area contributed by atoms with Crippen LogP contribution in [0.15, 0.2) is 24.3 Å². The molecule has 4 nitrogen and oxygen atoms in total. The molecule has 2 aliphatic heterocycles. The highest BCUT2D eigenvalue weighted by Crippen LogP contribution is 2.22. The van der Waals surface area contributed by atoms with Crippen LogP contribution >= 0.6 is 0 Å². The van der Waals surface area contributed by atoms with Gasteiger partial charge >= 0.3 is 0 Å². The molecule has 0 aliphatic carbocycles. The summed E-state index contributed by atoms with van der Waals surface area (Å²) >= 11 is 0. The lowest BCUT2D eigenvalue weighted by atomic mass is 9.91. The second-order valence-electron chi connectivity index (χ2n) is 7.31. The van der Waals surface area contributed by atoms with Crippen molar-refractivity contribution in [2.24, 2.45) is 0 Å². The van der Waals surface area contributed by atoms with E-state index in [-0.39, 0.29) is 11.1 Å². The average Bonchev–Trinajstić information content (AvgIpc) is 2.38. The highest BCUT2D eigenvalue weighted by Gasteiger charge is 2.42. The number of nitrogens with one attached hydrogen (secondary N) is 2. The zero-order valence-electron chi connectivity index (χ0n) is 13.2. The first-order chi connectivity index (χ1) is 9.94. The summed E-state index contributed by atoms with van der Waals surface area (Å²) < 4.78 is 11.2. The van der Waals surface area contributed by atoms with Gasteiger partial charge in [0.2, 0.25) is 0 Å². The van der Waals surface area contributed by atoms with E-state index in [1.807, 2.05) is 0 Å². The Kier molecular flexibility index (Phi) is 3.95. The van der Waals surface area contributed by atoms with Crippen molar-refractivity contribution in [2.45, 2.75) is 44.4 Å². The molecule has 4 heteroatoms. The molecule has 2 fully saturated rings. The van der Waals surface area contributed by atoms with Crippen molar-refractivity contribution in [2.75, 3.05) is 26.3 Å². The molecule has 0 aromatic heterocycles. The van der Waals surface area contributed by atoms with Gasteiger partial charge in [-0.1, -0.05) is 12.1 Å². The van der Waals surface area contributed by atoms with Crippen LogP contribution in [0, 0.1) is 0 Å². The first-order valence-electron chi connectivity index (χ1n) is 7.78. The van der Waals surface area contributed by atoms with Crippen LogP contribution in [-0.4, -0.2) is 43.5 Å². The van der Waals surface area contributed by atoms with E-state index < -0.39 is 0 Å². The normalized spacial score (nSPS) is 24.6. The minimum atomic E-state index is -0.146. The summed E-state index contributed by atoms with van der Waals surface area (Å²) in [5, 5.41) is 7.27. The average molecular weight is 290 g/mol. The zero-order valence-corrected chi connectivity index (χ0v) is 13.2. The van der Waals surface area contributed by atoms with Crippen molar-refractivity contribution < 1.29 is 9.47 Å². The van der Waals surface area contributed by atoms with Crippen molar-refractivity contribution in [1.82, 2.24) is 10.6 Å². The van der Waals surface area contributed by atoms with Crippen molar-refractivity contribution >= 4 is 0 Å². The molecule has 3 rings (SSSR count). The Hall–Kier alpha value is -1.10. The third-order valence-electron chi connectivity index (χ3n) is 3.95. The van der Waals surface area contributed by atoms with E-state index in [9.17, 15) is 0 Å². The van der Waals surface area contributed by atoms with Gasteiger partial charge in [-0.05, 0) is 44.9 Å². The molecular formula is C17H26N2O2. The molecule has 0 amide bonds. The van der Waals surface area contributed by atoms with Gasteiger partial charge in [0.15, 0.2) is 0 Å². The summed E-state index contributed by atoms with van der Waals surface area (Å²) in [6.07, 6.45) is 1.03. The SMILES string of the molecule is CC(C)(C)Oc1ccc(C[C@H]2CNCC3(COC3)N2)cc1. The number of hydrogen-bond donors (Lipinski definition) is 2. The summed E-state index contributed by atoms with van der Waals surface area (Å²) in [4.78, 5) is 0. The lowest BCUT2D eigenvalue weighted by Gasteiger charge is -2.48. The van der Waals surface area contributed by atoms with Crippen LogP contribution in [0.4, 0.5) is 0 Å². The lowest BCUT2D eigenvalue weighted by Crippen LogP contribution is -2.72. The fourth-order valence-electron chi connectivity index (χ4n) is 3.01. The summed E-state index contributed by atoms with van der Waals surface area (Å²) in [5.41, 5.74) is 1.37. The van der Waals surface area contributed by atoms with Crippen molar-refractivity contribution in [3.63, 3.8) is 0 Å². The van der Waals surface area contributed by atoms with Crippen LogP contribution in [0.5, 0.6) is 5.75 Å². The van der Waals surface area contributed by atoms with Gasteiger partial charge in [0.25, 0.3) is 0 Å². The molecule has 1 aromatic rings. The number of rotatable bonds is 3. The number of piperazine rings is 1. The zero-order chi connectivity index (χ0) is 14.9. The molecule has 1 aromatic carbocycles. The maximum absolute atomic E-state index is 5.86. The Morgan fingerprint density at radius 3 is 2.52 bits per heavy atom. The second-order valence-corrected chi connectivity index (χ2v) is 7.31. The van der Waals surface area contributed by atoms with Crippen molar-refractivity contribution in [3.05, 3.63) is 29.8 Å². The van der Waals surface area contributed by atoms with Crippen LogP contribution in [0.1, 0.15) is 26.3 Å². The molecule has 0 bridgehead atoms. The third-order valence-corrected chi connectivity index (χ3v) is 3.95. The van der Waals surface area contributed by atoms with E-state index in [4.69, 9.17) is 9.47 Å². The van der Waals surface area contributed by atoms with Gasteiger partial charge in [0.05, 0.1) is 18.8 Å². The molecule has 0 unspecified atom stereocenters. The minimum absolute atomic E-state index is 0.146. The van der Waals surface area contributed by atoms with Crippen LogP contribution in [0.3, 0.4) is 0 Å². The molecule has 1 atom stereocenters. The monoisotopic (exact) mass is 290 g/mol. The van der Waals surface area contributed by atoms with Gasteiger partial charge in [0.1, 0.15) is 11.4 Å². The predicted molar refractivity (Wildman–Crippen MR) is 83.9 cm³/mol. The van der Waals surface area contributed by atoms with E-state index in [2.05, 4.69) is 55.7 Å². The van der Waals surface area contributed by atoms with Gasteiger partial charge in [-0.25, -0.2) is 0 Å². The highest BCUT2D eigenvalue weighted by molar-refractivity contribution is 5.28. The Balaban J connectivity index is 1.57. The Bertz CT molecular complexity index is 475. The maximum atomic E-state index is 5.86. The van der Waals surface area contributed by atoms with Crippen LogP contribution < -0.4 is 15.4 Å². The first kappa shape index (κ1) is 14.8. The van der Waals surface area contributed by atoms with E-state index in [0.717, 1.165) is 38.5 Å². The van der Waals surface area contributed by atoms with Gasteiger partial charge in [-0.2, -0.15) is 0 Å². The minimum Gasteiger partial charge on any atom is -0.488 e. The second kappa shape index (κ2) is 5.59. The Labute approximate surface area is 127 Å². The van der Waals surface area contributed by atoms with Gasteiger partial charge in [-0.3, -0.25) is 0 Å². The molecule has 0 saturated carbocycles. The molecule has 1 spiro atoms. The number of benzene rings is 1. The molecule has 2 saturated heterocycles. The van der Waals surface area contributed by atoms with Crippen LogP contribution in [0.2, 0.25) is 0 Å². The van der Waals surface area contributed by atoms with E-state index in [0.29, 0.717) is 6.04 Å². The lowest BCUT2D eigenvalue weighted by molar-refractivity contribution is -0.0863. The maximum Gasteiger partial charge on any atom is 0.120 e. The smallest absolute Gasteiger partial charge is 0.120 e. The van der Waals surface area contributed by atoms with E-state index in [1.54, 1.807) is 0 Å². The number of ether oxygens (including phenoxy) is 2. The molecule has 2 heterocycles. The summed E-state index contributed by atoms with van der Waals surface area (Å²) in [7, 11) is 0. The largest absolute Gasteiger partial charge is 0.488 e. The summed E-state index contributed by atoms with van der Waals surface area (Å²) in [6.45, 7) is 9.89. The fourth-order valence-corrected chi connectivity index (χ4v) is 3.01. The topological polar surface area (TPSA) is 42.5 Å². The number of hydrogen-bond acceptors (Lipinski definition) is 4. The molecule has 0 radical (unpaired) electrons. The van der Waals surface area contributed by atoms with Crippen LogP contribution in [-0.2, 0) is 11.2 Å². The molecule has 21 heavy (non-hydrogen) atoms. The Morgan fingerprint density at radius 1 is 1.24 bits per heavy atom. The van der Waals surface area contributed by atoms with Gasteiger partial charge < -0.3 is 20.1 Å². The highest BCUT2D eigenvalue weighted by atomic mass is 16.5. The molecule has 116 valence electrons. The third kappa shape index (κ3) is 3.76. The quantitative estimate of drug-likeness (QED) is 0.890. The molecular weight excluding hydrogens is 264 g/mol. The van der Waals surface area contributed by atoms with Gasteiger partial charge in [0, 0.05) is 19.1 Å².